The summed E-state index contributed by atoms with van der Waals surface area (Å²) in [6.45, 7) is 4.51. The van der Waals surface area contributed by atoms with Gasteiger partial charge in [-0.3, -0.25) is 9.59 Å². The Balaban J connectivity index is 1.90. The zero-order valence-corrected chi connectivity index (χ0v) is 16.0. The summed E-state index contributed by atoms with van der Waals surface area (Å²) in [5.74, 6) is -0.0728. The minimum atomic E-state index is -0.333. The third kappa shape index (κ3) is 3.61. The standard InChI is InChI=1S/C18H20ClN5O3/c1-4-20-13-6-10(19)5-11(9(13)2)17(26)21-7-12-15(25)14-16(23-8-22-14)24-18(12)27-3/h5-6,8,20H,4,7H2,1-3H3,(H,21,26)(H2,22,23,24,25). The van der Waals surface area contributed by atoms with Gasteiger partial charge in [-0.05, 0) is 31.5 Å². The zero-order valence-electron chi connectivity index (χ0n) is 15.2. The van der Waals surface area contributed by atoms with Gasteiger partial charge in [-0.25, -0.2) is 4.98 Å². The number of hydrogen-bond acceptors (Lipinski definition) is 5. The van der Waals surface area contributed by atoms with E-state index in [1.54, 1.807) is 12.1 Å². The molecule has 0 saturated heterocycles. The Kier molecular flexibility index (Phi) is 5.36. The summed E-state index contributed by atoms with van der Waals surface area (Å²) < 4.78 is 5.24. The average Bonchev–Trinajstić information content (AvgIpc) is 3.12. The van der Waals surface area contributed by atoms with E-state index in [9.17, 15) is 9.59 Å². The van der Waals surface area contributed by atoms with Crippen LogP contribution in [0.25, 0.3) is 11.2 Å². The van der Waals surface area contributed by atoms with Gasteiger partial charge in [0.1, 0.15) is 5.52 Å². The minimum Gasteiger partial charge on any atom is -0.482 e. The molecule has 142 valence electrons. The molecule has 1 amide bonds. The number of benzene rings is 1. The van der Waals surface area contributed by atoms with Crippen molar-refractivity contribution in [1.29, 1.82) is 0 Å². The van der Waals surface area contributed by atoms with Crippen LogP contribution in [0.4, 0.5) is 5.69 Å². The number of fused-ring (bicyclic) bond motifs is 1. The van der Waals surface area contributed by atoms with E-state index in [-0.39, 0.29) is 23.8 Å². The summed E-state index contributed by atoms with van der Waals surface area (Å²) in [6.07, 6.45) is 1.42. The first-order valence-electron chi connectivity index (χ1n) is 8.40. The van der Waals surface area contributed by atoms with E-state index in [1.807, 2.05) is 13.8 Å². The number of ether oxygens (including phenoxy) is 1. The van der Waals surface area contributed by atoms with Crippen LogP contribution in [0.1, 0.15) is 28.4 Å². The lowest BCUT2D eigenvalue weighted by Crippen LogP contribution is -2.27. The number of rotatable bonds is 6. The highest BCUT2D eigenvalue weighted by atomic mass is 35.5. The zero-order chi connectivity index (χ0) is 19.6. The molecule has 0 fully saturated rings. The molecule has 1 aromatic carbocycles. The summed E-state index contributed by atoms with van der Waals surface area (Å²) >= 11 is 6.14. The summed E-state index contributed by atoms with van der Waals surface area (Å²) in [5.41, 5.74) is 2.76. The summed E-state index contributed by atoms with van der Waals surface area (Å²) in [5, 5.41) is 6.40. The number of carbonyl (C=O) groups excluding carboxylic acids is 1. The maximum atomic E-state index is 12.7. The number of nitrogens with one attached hydrogen (secondary N) is 4. The molecule has 0 aliphatic carbocycles. The molecule has 2 heterocycles. The van der Waals surface area contributed by atoms with E-state index in [4.69, 9.17) is 16.3 Å². The van der Waals surface area contributed by atoms with E-state index in [0.717, 1.165) is 11.3 Å². The molecule has 2 aromatic heterocycles. The third-order valence-corrected chi connectivity index (χ3v) is 4.48. The molecule has 8 nitrogen and oxygen atoms in total. The van der Waals surface area contributed by atoms with Gasteiger partial charge in [0.05, 0.1) is 25.5 Å². The lowest BCUT2D eigenvalue weighted by Gasteiger charge is -2.14. The Bertz CT molecular complexity index is 1060. The Morgan fingerprint density at radius 3 is 2.85 bits per heavy atom. The van der Waals surface area contributed by atoms with Crippen LogP contribution in [0.2, 0.25) is 5.02 Å². The van der Waals surface area contributed by atoms with Crippen LogP contribution < -0.4 is 20.8 Å². The molecule has 3 aromatic rings. The Morgan fingerprint density at radius 2 is 2.15 bits per heavy atom. The summed E-state index contributed by atoms with van der Waals surface area (Å²) in [4.78, 5) is 35.1. The smallest absolute Gasteiger partial charge is 0.251 e. The molecule has 0 aliphatic rings. The number of aromatic amines is 2. The fraction of sp³-hybridized carbons (Fsp3) is 0.278. The van der Waals surface area contributed by atoms with Crippen LogP contribution in [0, 0.1) is 6.92 Å². The van der Waals surface area contributed by atoms with Gasteiger partial charge in [0.15, 0.2) is 5.65 Å². The van der Waals surface area contributed by atoms with Crippen molar-refractivity contribution >= 4 is 34.4 Å². The van der Waals surface area contributed by atoms with E-state index in [2.05, 4.69) is 25.6 Å². The molecule has 4 N–H and O–H groups in total. The van der Waals surface area contributed by atoms with Crippen LogP contribution in [0.5, 0.6) is 5.88 Å². The predicted octanol–water partition coefficient (Wildman–Crippen LogP) is 2.58. The van der Waals surface area contributed by atoms with Gasteiger partial charge in [0.25, 0.3) is 5.91 Å². The number of nitrogens with zero attached hydrogens (tertiary/aromatic N) is 1. The minimum absolute atomic E-state index is 0.00517. The molecule has 0 saturated carbocycles. The number of anilines is 1. The molecule has 0 spiro atoms. The number of hydrogen-bond donors (Lipinski definition) is 4. The highest BCUT2D eigenvalue weighted by Gasteiger charge is 2.18. The molecule has 9 heteroatoms. The van der Waals surface area contributed by atoms with Crippen LogP contribution in [-0.2, 0) is 6.54 Å². The fourth-order valence-electron chi connectivity index (χ4n) is 2.89. The quantitative estimate of drug-likeness (QED) is 0.517. The van der Waals surface area contributed by atoms with Crippen LogP contribution in [0.15, 0.2) is 23.3 Å². The number of halogens is 1. The lowest BCUT2D eigenvalue weighted by atomic mass is 10.1. The maximum absolute atomic E-state index is 12.7. The van der Waals surface area contributed by atoms with Crippen molar-refractivity contribution in [3.63, 3.8) is 0 Å². The molecule has 0 aliphatic heterocycles. The van der Waals surface area contributed by atoms with Gasteiger partial charge in [0, 0.05) is 22.8 Å². The number of methoxy groups -OCH3 is 1. The van der Waals surface area contributed by atoms with E-state index in [1.165, 1.54) is 13.4 Å². The van der Waals surface area contributed by atoms with Gasteiger partial charge in [0.2, 0.25) is 11.3 Å². The van der Waals surface area contributed by atoms with Gasteiger partial charge in [-0.2, -0.15) is 0 Å². The average molecular weight is 390 g/mol. The third-order valence-electron chi connectivity index (χ3n) is 4.26. The Morgan fingerprint density at radius 1 is 1.37 bits per heavy atom. The fourth-order valence-corrected chi connectivity index (χ4v) is 3.10. The SMILES string of the molecule is CCNc1cc(Cl)cc(C(=O)NCc2c(OC)[nH]c3nc[nH]c3c2=O)c1C. The van der Waals surface area contributed by atoms with Gasteiger partial charge in [-0.15, -0.1) is 0 Å². The molecule has 3 rings (SSSR count). The highest BCUT2D eigenvalue weighted by Crippen LogP contribution is 2.25. The van der Waals surface area contributed by atoms with Crippen molar-refractivity contribution in [3.8, 4) is 5.88 Å². The highest BCUT2D eigenvalue weighted by molar-refractivity contribution is 6.31. The maximum Gasteiger partial charge on any atom is 0.251 e. The molecular formula is C18H20ClN5O3. The number of amides is 1. The van der Waals surface area contributed by atoms with Crippen LogP contribution in [-0.4, -0.2) is 34.5 Å². The molecule has 27 heavy (non-hydrogen) atoms. The molecule has 0 unspecified atom stereocenters. The van der Waals surface area contributed by atoms with Crippen LogP contribution >= 0.6 is 11.6 Å². The molecule has 0 atom stereocenters. The topological polar surface area (TPSA) is 112 Å². The predicted molar refractivity (Wildman–Crippen MR) is 105 cm³/mol. The van der Waals surface area contributed by atoms with Crippen molar-refractivity contribution in [2.75, 3.05) is 19.0 Å². The van der Waals surface area contributed by atoms with E-state index < -0.39 is 0 Å². The largest absolute Gasteiger partial charge is 0.482 e. The first-order valence-corrected chi connectivity index (χ1v) is 8.78. The van der Waals surface area contributed by atoms with Gasteiger partial charge >= 0.3 is 0 Å². The van der Waals surface area contributed by atoms with Crippen molar-refractivity contribution in [2.24, 2.45) is 0 Å². The normalized spacial score (nSPS) is 10.8. The van der Waals surface area contributed by atoms with E-state index >= 15 is 0 Å². The summed E-state index contributed by atoms with van der Waals surface area (Å²) in [7, 11) is 1.44. The monoisotopic (exact) mass is 389 g/mol. The second kappa shape index (κ2) is 7.71. The van der Waals surface area contributed by atoms with Crippen molar-refractivity contribution in [3.05, 3.63) is 50.4 Å². The number of pyridine rings is 1. The Labute approximate surface area is 160 Å². The second-order valence-corrected chi connectivity index (χ2v) is 6.37. The first-order chi connectivity index (χ1) is 13.0. The number of imidazole rings is 1. The number of aromatic nitrogens is 3. The van der Waals surface area contributed by atoms with Crippen LogP contribution in [0.3, 0.4) is 0 Å². The first kappa shape index (κ1) is 18.8. The van der Waals surface area contributed by atoms with Crippen molar-refractivity contribution in [2.45, 2.75) is 20.4 Å². The number of carbonyl (C=O) groups is 1. The van der Waals surface area contributed by atoms with Crippen molar-refractivity contribution in [1.82, 2.24) is 20.3 Å². The second-order valence-electron chi connectivity index (χ2n) is 5.93. The van der Waals surface area contributed by atoms with Crippen molar-refractivity contribution < 1.29 is 9.53 Å². The Hall–Kier alpha value is -3.00. The molecule has 0 radical (unpaired) electrons. The van der Waals surface area contributed by atoms with E-state index in [0.29, 0.717) is 33.9 Å². The van der Waals surface area contributed by atoms with Gasteiger partial charge < -0.3 is 25.3 Å². The molecular weight excluding hydrogens is 370 g/mol. The lowest BCUT2D eigenvalue weighted by molar-refractivity contribution is 0.0950. The van der Waals surface area contributed by atoms with Gasteiger partial charge in [-0.1, -0.05) is 11.6 Å². The summed E-state index contributed by atoms with van der Waals surface area (Å²) in [6, 6.07) is 3.38. The number of H-pyrrole nitrogens is 2. The molecule has 0 bridgehead atoms.